The van der Waals surface area contributed by atoms with Crippen LogP contribution in [-0.2, 0) is 11.3 Å². The van der Waals surface area contributed by atoms with Gasteiger partial charge in [-0.2, -0.15) is 0 Å². The Kier molecular flexibility index (Phi) is 5.59. The molecule has 0 radical (unpaired) electrons. The van der Waals surface area contributed by atoms with E-state index < -0.39 is 0 Å². The van der Waals surface area contributed by atoms with Crippen LogP contribution in [0.2, 0.25) is 0 Å². The third-order valence-corrected chi connectivity index (χ3v) is 3.90. The molecule has 1 saturated heterocycles. The predicted octanol–water partition coefficient (Wildman–Crippen LogP) is 1.98. The van der Waals surface area contributed by atoms with E-state index in [4.69, 9.17) is 20.6 Å². The molecular formula is C16H25N3O2. The molecule has 1 aliphatic rings. The maximum Gasteiger partial charge on any atom is 0.130 e. The van der Waals surface area contributed by atoms with Gasteiger partial charge in [0.1, 0.15) is 11.6 Å². The van der Waals surface area contributed by atoms with Crippen LogP contribution in [0.3, 0.4) is 0 Å². The number of piperidine rings is 1. The van der Waals surface area contributed by atoms with Crippen molar-refractivity contribution in [1.29, 1.82) is 5.41 Å². The lowest BCUT2D eigenvalue weighted by molar-refractivity contribution is 0.0125. The highest BCUT2D eigenvalue weighted by Crippen LogP contribution is 2.22. The first-order valence-corrected chi connectivity index (χ1v) is 7.49. The van der Waals surface area contributed by atoms with Crippen LogP contribution in [0.15, 0.2) is 18.2 Å². The molecule has 0 amide bonds. The lowest BCUT2D eigenvalue weighted by Gasteiger charge is -2.31. The molecule has 5 heteroatoms. The Hall–Kier alpha value is -1.59. The quantitative estimate of drug-likeness (QED) is 0.621. The zero-order valence-electron chi connectivity index (χ0n) is 12.9. The molecule has 2 rings (SSSR count). The Morgan fingerprint density at radius 2 is 2.10 bits per heavy atom. The van der Waals surface area contributed by atoms with E-state index in [1.54, 1.807) is 7.11 Å². The molecule has 0 unspecified atom stereocenters. The Bertz CT molecular complexity index is 482. The fourth-order valence-corrected chi connectivity index (χ4v) is 2.78. The van der Waals surface area contributed by atoms with Crippen LogP contribution in [-0.4, -0.2) is 43.6 Å². The molecular weight excluding hydrogens is 266 g/mol. The number of hydrogen-bond acceptors (Lipinski definition) is 4. The summed E-state index contributed by atoms with van der Waals surface area (Å²) in [5.41, 5.74) is 7.38. The topological polar surface area (TPSA) is 71.6 Å². The molecule has 1 aromatic carbocycles. The summed E-state index contributed by atoms with van der Waals surface area (Å²) in [7, 11) is 1.61. The van der Waals surface area contributed by atoms with Crippen molar-refractivity contribution in [2.75, 3.05) is 26.8 Å². The summed E-state index contributed by atoms with van der Waals surface area (Å²) in [4.78, 5) is 2.43. The van der Waals surface area contributed by atoms with Gasteiger partial charge >= 0.3 is 0 Å². The van der Waals surface area contributed by atoms with Crippen molar-refractivity contribution in [2.24, 2.45) is 5.73 Å². The number of nitrogens with two attached hydrogens (primary N) is 1. The van der Waals surface area contributed by atoms with Crippen LogP contribution >= 0.6 is 0 Å². The largest absolute Gasteiger partial charge is 0.496 e. The van der Waals surface area contributed by atoms with Gasteiger partial charge in [0.2, 0.25) is 0 Å². The summed E-state index contributed by atoms with van der Waals surface area (Å²) in [6.45, 7) is 5.86. The number of nitrogens with one attached hydrogen (secondary N) is 1. The zero-order chi connectivity index (χ0) is 15.2. The molecule has 116 valence electrons. The molecule has 1 aliphatic heterocycles. The lowest BCUT2D eigenvalue weighted by atomic mass is 10.1. The number of rotatable bonds is 6. The van der Waals surface area contributed by atoms with Crippen molar-refractivity contribution in [3.8, 4) is 5.75 Å². The monoisotopic (exact) mass is 291 g/mol. The Labute approximate surface area is 126 Å². The summed E-state index contributed by atoms with van der Waals surface area (Å²) < 4.78 is 11.0. The van der Waals surface area contributed by atoms with Crippen molar-refractivity contribution >= 4 is 5.84 Å². The maximum atomic E-state index is 7.54. The van der Waals surface area contributed by atoms with Crippen LogP contribution < -0.4 is 10.5 Å². The van der Waals surface area contributed by atoms with E-state index >= 15 is 0 Å². The second-order valence-electron chi connectivity index (χ2n) is 5.38. The van der Waals surface area contributed by atoms with Crippen molar-refractivity contribution < 1.29 is 9.47 Å². The smallest absolute Gasteiger partial charge is 0.130 e. The van der Waals surface area contributed by atoms with Crippen LogP contribution in [0.25, 0.3) is 0 Å². The molecule has 1 fully saturated rings. The summed E-state index contributed by atoms with van der Waals surface area (Å²) in [5, 5.41) is 7.54. The molecule has 5 nitrogen and oxygen atoms in total. The second-order valence-corrected chi connectivity index (χ2v) is 5.38. The zero-order valence-corrected chi connectivity index (χ0v) is 12.9. The fourth-order valence-electron chi connectivity index (χ4n) is 2.78. The van der Waals surface area contributed by atoms with Crippen molar-refractivity contribution in [3.05, 3.63) is 29.3 Å². The van der Waals surface area contributed by atoms with E-state index in [1.807, 2.05) is 18.2 Å². The first-order chi connectivity index (χ1) is 10.1. The highest BCUT2D eigenvalue weighted by atomic mass is 16.5. The van der Waals surface area contributed by atoms with E-state index in [2.05, 4.69) is 11.8 Å². The number of benzene rings is 1. The number of nitrogens with zero attached hydrogens (tertiary/aromatic N) is 1. The van der Waals surface area contributed by atoms with E-state index in [9.17, 15) is 0 Å². The van der Waals surface area contributed by atoms with Crippen LogP contribution in [0.1, 0.15) is 30.9 Å². The van der Waals surface area contributed by atoms with Gasteiger partial charge in [0.15, 0.2) is 0 Å². The molecule has 1 aromatic rings. The third kappa shape index (κ3) is 4.19. The normalized spacial score (nSPS) is 16.9. The SMILES string of the molecule is CCOC1CCN(Cc2ccc(C(=N)N)c(OC)c2)CC1. The molecule has 0 saturated carbocycles. The van der Waals surface area contributed by atoms with Gasteiger partial charge in [-0.25, -0.2) is 0 Å². The highest BCUT2D eigenvalue weighted by molar-refractivity contribution is 5.97. The minimum Gasteiger partial charge on any atom is -0.496 e. The van der Waals surface area contributed by atoms with Gasteiger partial charge in [-0.3, -0.25) is 10.3 Å². The number of nitrogen functional groups attached to an aromatic ring is 1. The first kappa shape index (κ1) is 15.8. The Morgan fingerprint density at radius 3 is 2.67 bits per heavy atom. The Morgan fingerprint density at radius 1 is 1.38 bits per heavy atom. The van der Waals surface area contributed by atoms with Gasteiger partial charge in [0.25, 0.3) is 0 Å². The van der Waals surface area contributed by atoms with Crippen molar-refractivity contribution in [3.63, 3.8) is 0 Å². The van der Waals surface area contributed by atoms with E-state index in [1.165, 1.54) is 5.56 Å². The van der Waals surface area contributed by atoms with Crippen molar-refractivity contribution in [1.82, 2.24) is 4.90 Å². The summed E-state index contributed by atoms with van der Waals surface area (Å²) in [5.74, 6) is 0.708. The highest BCUT2D eigenvalue weighted by Gasteiger charge is 2.19. The molecule has 21 heavy (non-hydrogen) atoms. The summed E-state index contributed by atoms with van der Waals surface area (Å²) >= 11 is 0. The average Bonchev–Trinajstić information content (AvgIpc) is 2.49. The second kappa shape index (κ2) is 7.43. The van der Waals surface area contributed by atoms with E-state index in [0.29, 0.717) is 17.4 Å². The number of amidine groups is 1. The number of likely N-dealkylation sites (tertiary alicyclic amines) is 1. The maximum absolute atomic E-state index is 7.54. The van der Waals surface area contributed by atoms with E-state index in [-0.39, 0.29) is 5.84 Å². The number of hydrogen-bond donors (Lipinski definition) is 2. The first-order valence-electron chi connectivity index (χ1n) is 7.49. The van der Waals surface area contributed by atoms with Crippen LogP contribution in [0.4, 0.5) is 0 Å². The lowest BCUT2D eigenvalue weighted by Crippen LogP contribution is -2.36. The summed E-state index contributed by atoms with van der Waals surface area (Å²) in [6.07, 6.45) is 2.60. The molecule has 0 spiro atoms. The molecule has 0 atom stereocenters. The molecule has 0 bridgehead atoms. The number of ether oxygens (including phenoxy) is 2. The molecule has 0 aliphatic carbocycles. The minimum atomic E-state index is 0.0379. The van der Waals surface area contributed by atoms with Gasteiger partial charge in [-0.15, -0.1) is 0 Å². The third-order valence-electron chi connectivity index (χ3n) is 3.90. The van der Waals surface area contributed by atoms with Gasteiger partial charge in [-0.1, -0.05) is 6.07 Å². The van der Waals surface area contributed by atoms with Gasteiger partial charge in [-0.05, 0) is 37.5 Å². The van der Waals surface area contributed by atoms with Crippen LogP contribution in [0, 0.1) is 5.41 Å². The average molecular weight is 291 g/mol. The predicted molar refractivity (Wildman–Crippen MR) is 83.9 cm³/mol. The van der Waals surface area contributed by atoms with Crippen LogP contribution in [0.5, 0.6) is 5.75 Å². The standard InChI is InChI=1S/C16H25N3O2/c1-3-21-13-6-8-19(9-7-13)11-12-4-5-14(16(17)18)15(10-12)20-2/h4-5,10,13H,3,6-9,11H2,1-2H3,(H3,17,18). The number of methoxy groups -OCH3 is 1. The molecule has 0 aromatic heterocycles. The van der Waals surface area contributed by atoms with Gasteiger partial charge in [0, 0.05) is 26.2 Å². The van der Waals surface area contributed by atoms with Gasteiger partial charge in [0.05, 0.1) is 18.8 Å². The molecule has 3 N–H and O–H groups in total. The Balaban J connectivity index is 1.96. The fraction of sp³-hybridized carbons (Fsp3) is 0.562. The summed E-state index contributed by atoms with van der Waals surface area (Å²) in [6, 6.07) is 5.86. The van der Waals surface area contributed by atoms with Crippen molar-refractivity contribution in [2.45, 2.75) is 32.4 Å². The van der Waals surface area contributed by atoms with Gasteiger partial charge < -0.3 is 15.2 Å². The minimum absolute atomic E-state index is 0.0379. The molecule has 1 heterocycles. The van der Waals surface area contributed by atoms with E-state index in [0.717, 1.165) is 39.1 Å².